The minimum atomic E-state index is -0.231. The third kappa shape index (κ3) is 6.48. The van der Waals surface area contributed by atoms with Crippen LogP contribution >= 0.6 is 11.8 Å². The van der Waals surface area contributed by atoms with Gasteiger partial charge in [0.05, 0.1) is 13.0 Å². The Bertz CT molecular complexity index is 1210. The van der Waals surface area contributed by atoms with Crippen molar-refractivity contribution < 1.29 is 18.7 Å². The van der Waals surface area contributed by atoms with E-state index in [9.17, 15) is 4.79 Å². The number of nitrogens with zero attached hydrogens (tertiary/aromatic N) is 3. The first-order chi connectivity index (χ1) is 16.6. The molecule has 2 aromatic heterocycles. The molecule has 2 heterocycles. The first-order valence-electron chi connectivity index (χ1n) is 11.0. The second-order valence-electron chi connectivity index (χ2n) is 7.48. The van der Waals surface area contributed by atoms with Crippen molar-refractivity contribution in [3.8, 4) is 17.2 Å². The van der Waals surface area contributed by atoms with Gasteiger partial charge in [-0.15, -0.1) is 5.10 Å². The number of H-pyrrole nitrogens is 1. The lowest BCUT2D eigenvalue weighted by Crippen LogP contribution is -2.05. The van der Waals surface area contributed by atoms with Gasteiger partial charge in [-0.3, -0.25) is 9.89 Å². The number of esters is 1. The lowest BCUT2D eigenvalue weighted by Gasteiger charge is -2.05. The molecule has 0 saturated heterocycles. The zero-order valence-electron chi connectivity index (χ0n) is 19.1. The number of thioether (sulfide) groups is 1. The first kappa shape index (κ1) is 23.6. The summed E-state index contributed by atoms with van der Waals surface area (Å²) in [5.74, 6) is 3.28. The van der Waals surface area contributed by atoms with Crippen molar-refractivity contribution in [1.82, 2.24) is 20.2 Å². The normalized spacial score (nSPS) is 10.9. The molecular formula is C25H26N4O4S. The number of hydrogen-bond donors (Lipinski definition) is 1. The van der Waals surface area contributed by atoms with Crippen molar-refractivity contribution in [3.63, 3.8) is 0 Å². The minimum absolute atomic E-state index is 0.231. The van der Waals surface area contributed by atoms with E-state index in [0.717, 1.165) is 34.1 Å². The van der Waals surface area contributed by atoms with Crippen LogP contribution in [-0.2, 0) is 28.3 Å². The van der Waals surface area contributed by atoms with Gasteiger partial charge in [-0.25, -0.2) is 9.97 Å². The highest BCUT2D eigenvalue weighted by Gasteiger charge is 2.12. The van der Waals surface area contributed by atoms with Gasteiger partial charge >= 0.3 is 5.97 Å². The summed E-state index contributed by atoms with van der Waals surface area (Å²) in [4.78, 5) is 20.4. The summed E-state index contributed by atoms with van der Waals surface area (Å²) < 4.78 is 16.6. The molecule has 0 radical (unpaired) electrons. The van der Waals surface area contributed by atoms with Crippen molar-refractivity contribution in [2.24, 2.45) is 0 Å². The van der Waals surface area contributed by atoms with E-state index < -0.39 is 0 Å². The standard InChI is InChI=1S/C25H26N4O4S/c1-3-31-23(30)14-13-22-27-25(29-28-22)34-16-18-9-11-20(12-10-18)32-15-21-17(2)33-24(26-21)19-7-5-4-6-8-19/h4-12H,3,13-16H2,1-2H3,(H,27,28,29). The molecule has 0 saturated carbocycles. The number of aromatic amines is 1. The molecule has 0 aliphatic heterocycles. The van der Waals surface area contributed by atoms with Gasteiger partial charge in [0.2, 0.25) is 11.0 Å². The van der Waals surface area contributed by atoms with Gasteiger partial charge in [-0.05, 0) is 43.7 Å². The third-order valence-corrected chi connectivity index (χ3v) is 5.88. The van der Waals surface area contributed by atoms with Gasteiger partial charge in [0.1, 0.15) is 29.6 Å². The fourth-order valence-electron chi connectivity index (χ4n) is 3.16. The smallest absolute Gasteiger partial charge is 0.306 e. The third-order valence-electron chi connectivity index (χ3n) is 4.96. The van der Waals surface area contributed by atoms with E-state index in [1.54, 1.807) is 6.92 Å². The molecule has 34 heavy (non-hydrogen) atoms. The molecule has 2 aromatic carbocycles. The highest BCUT2D eigenvalue weighted by atomic mass is 32.2. The van der Waals surface area contributed by atoms with E-state index in [-0.39, 0.29) is 12.4 Å². The molecule has 0 spiro atoms. The topological polar surface area (TPSA) is 103 Å². The highest BCUT2D eigenvalue weighted by molar-refractivity contribution is 7.98. The number of nitrogens with one attached hydrogen (secondary N) is 1. The van der Waals surface area contributed by atoms with Crippen LogP contribution in [0.4, 0.5) is 0 Å². The van der Waals surface area contributed by atoms with Crippen LogP contribution in [0.1, 0.15) is 36.2 Å². The Kier molecular flexibility index (Phi) is 7.98. The van der Waals surface area contributed by atoms with E-state index in [1.165, 1.54) is 11.8 Å². The van der Waals surface area contributed by atoms with Crippen LogP contribution in [-0.4, -0.2) is 32.7 Å². The highest BCUT2D eigenvalue weighted by Crippen LogP contribution is 2.24. The number of rotatable bonds is 11. The molecule has 0 atom stereocenters. The summed E-state index contributed by atoms with van der Waals surface area (Å²) in [6.07, 6.45) is 0.770. The molecule has 4 rings (SSSR count). The molecule has 4 aromatic rings. The molecule has 0 aliphatic carbocycles. The number of ether oxygens (including phenoxy) is 2. The summed E-state index contributed by atoms with van der Waals surface area (Å²) in [5.41, 5.74) is 2.84. The fraction of sp³-hybridized carbons (Fsp3) is 0.280. The Morgan fingerprint density at radius 2 is 1.88 bits per heavy atom. The number of carbonyl (C=O) groups is 1. The number of aryl methyl sites for hydroxylation is 2. The van der Waals surface area contributed by atoms with E-state index in [2.05, 4.69) is 20.2 Å². The largest absolute Gasteiger partial charge is 0.487 e. The summed E-state index contributed by atoms with van der Waals surface area (Å²) in [6, 6.07) is 17.7. The quantitative estimate of drug-likeness (QED) is 0.234. The molecule has 8 nitrogen and oxygen atoms in total. The molecule has 0 amide bonds. The zero-order valence-corrected chi connectivity index (χ0v) is 19.9. The summed E-state index contributed by atoms with van der Waals surface area (Å²) in [5, 5.41) is 7.72. The van der Waals surface area contributed by atoms with Crippen LogP contribution in [0.25, 0.3) is 11.5 Å². The number of aromatic nitrogens is 4. The summed E-state index contributed by atoms with van der Waals surface area (Å²) in [7, 11) is 0. The summed E-state index contributed by atoms with van der Waals surface area (Å²) in [6.45, 7) is 4.40. The molecule has 9 heteroatoms. The van der Waals surface area contributed by atoms with E-state index in [0.29, 0.717) is 36.5 Å². The van der Waals surface area contributed by atoms with Crippen molar-refractivity contribution in [2.75, 3.05) is 6.61 Å². The maximum Gasteiger partial charge on any atom is 0.306 e. The average molecular weight is 479 g/mol. The van der Waals surface area contributed by atoms with Gasteiger partial charge in [0, 0.05) is 17.7 Å². The van der Waals surface area contributed by atoms with Crippen LogP contribution in [0.2, 0.25) is 0 Å². The van der Waals surface area contributed by atoms with Crippen molar-refractivity contribution in [2.45, 2.75) is 44.2 Å². The van der Waals surface area contributed by atoms with Crippen molar-refractivity contribution >= 4 is 17.7 Å². The SMILES string of the molecule is CCOC(=O)CCc1nc(SCc2ccc(OCc3nc(-c4ccccc4)oc3C)cc2)n[nH]1. The Labute approximate surface area is 202 Å². The van der Waals surface area contributed by atoms with Gasteiger partial charge in [0.15, 0.2) is 0 Å². The van der Waals surface area contributed by atoms with Crippen LogP contribution in [0.15, 0.2) is 64.2 Å². The molecular weight excluding hydrogens is 452 g/mol. The Balaban J connectivity index is 1.25. The maximum atomic E-state index is 11.5. The number of hydrogen-bond acceptors (Lipinski definition) is 8. The first-order valence-corrected chi connectivity index (χ1v) is 12.0. The second kappa shape index (κ2) is 11.5. The fourth-order valence-corrected chi connectivity index (χ4v) is 3.93. The molecule has 176 valence electrons. The predicted octanol–water partition coefficient (Wildman–Crippen LogP) is 5.14. The molecule has 1 N–H and O–H groups in total. The predicted molar refractivity (Wildman–Crippen MR) is 128 cm³/mol. The second-order valence-corrected chi connectivity index (χ2v) is 8.42. The van der Waals surface area contributed by atoms with E-state index in [4.69, 9.17) is 13.9 Å². The molecule has 0 unspecified atom stereocenters. The van der Waals surface area contributed by atoms with Crippen LogP contribution in [0, 0.1) is 6.92 Å². The van der Waals surface area contributed by atoms with Gasteiger partial charge in [0.25, 0.3) is 0 Å². The van der Waals surface area contributed by atoms with E-state index >= 15 is 0 Å². The van der Waals surface area contributed by atoms with Crippen molar-refractivity contribution in [1.29, 1.82) is 0 Å². The van der Waals surface area contributed by atoms with Crippen molar-refractivity contribution in [3.05, 3.63) is 77.4 Å². The monoisotopic (exact) mass is 478 g/mol. The van der Waals surface area contributed by atoms with Crippen LogP contribution in [0.5, 0.6) is 5.75 Å². The molecule has 0 aliphatic rings. The lowest BCUT2D eigenvalue weighted by molar-refractivity contribution is -0.143. The van der Waals surface area contributed by atoms with Gasteiger partial charge in [-0.2, -0.15) is 0 Å². The minimum Gasteiger partial charge on any atom is -0.487 e. The average Bonchev–Trinajstić information content (AvgIpc) is 3.48. The lowest BCUT2D eigenvalue weighted by atomic mass is 10.2. The van der Waals surface area contributed by atoms with Gasteiger partial charge in [-0.1, -0.05) is 42.1 Å². The molecule has 0 bridgehead atoms. The zero-order chi connectivity index (χ0) is 23.8. The Morgan fingerprint density at radius 1 is 1.09 bits per heavy atom. The number of oxazole rings is 1. The Morgan fingerprint density at radius 3 is 2.65 bits per heavy atom. The number of carbonyl (C=O) groups excluding carboxylic acids is 1. The number of benzene rings is 2. The van der Waals surface area contributed by atoms with Gasteiger partial charge < -0.3 is 13.9 Å². The molecule has 0 fully saturated rings. The van der Waals surface area contributed by atoms with E-state index in [1.807, 2.05) is 61.5 Å². The van der Waals surface area contributed by atoms with Crippen LogP contribution in [0.3, 0.4) is 0 Å². The Hall–Kier alpha value is -3.59. The summed E-state index contributed by atoms with van der Waals surface area (Å²) >= 11 is 1.52. The maximum absolute atomic E-state index is 11.5. The van der Waals surface area contributed by atoms with Crippen LogP contribution < -0.4 is 4.74 Å².